The number of anilines is 1. The van der Waals surface area contributed by atoms with Crippen molar-refractivity contribution in [2.45, 2.75) is 25.8 Å². The Bertz CT molecular complexity index is 514. The third kappa shape index (κ3) is 2.02. The number of aromatic nitrogens is 3. The Morgan fingerprint density at radius 1 is 1.41 bits per heavy atom. The van der Waals surface area contributed by atoms with E-state index in [-0.39, 0.29) is 0 Å². The number of hydrogen-bond acceptors (Lipinski definition) is 3. The fraction of sp³-hybridized carbons (Fsp3) is 0.385. The minimum Gasteiger partial charge on any atom is -0.384 e. The molecule has 1 fully saturated rings. The number of rotatable bonds is 3. The summed E-state index contributed by atoms with van der Waals surface area (Å²) in [5.41, 5.74) is 7.94. The van der Waals surface area contributed by atoms with Gasteiger partial charge < -0.3 is 10.3 Å². The number of nitrogens with two attached hydrogens (primary N) is 1. The van der Waals surface area contributed by atoms with E-state index in [2.05, 4.69) is 14.5 Å². The summed E-state index contributed by atoms with van der Waals surface area (Å²) in [6, 6.07) is 3.87. The van der Waals surface area contributed by atoms with Crippen LogP contribution in [0, 0.1) is 5.92 Å². The average molecular weight is 228 g/mol. The fourth-order valence-electron chi connectivity index (χ4n) is 2.27. The van der Waals surface area contributed by atoms with Crippen LogP contribution >= 0.6 is 0 Å². The van der Waals surface area contributed by atoms with Crippen molar-refractivity contribution in [2.75, 3.05) is 5.73 Å². The second kappa shape index (κ2) is 4.20. The molecule has 0 amide bonds. The van der Waals surface area contributed by atoms with Crippen LogP contribution in [0.25, 0.3) is 11.3 Å². The zero-order valence-corrected chi connectivity index (χ0v) is 9.71. The van der Waals surface area contributed by atoms with Gasteiger partial charge in [-0.25, -0.2) is 9.97 Å². The van der Waals surface area contributed by atoms with E-state index in [9.17, 15) is 0 Å². The van der Waals surface area contributed by atoms with Gasteiger partial charge in [0.15, 0.2) is 0 Å². The second-order valence-corrected chi connectivity index (χ2v) is 4.70. The Morgan fingerprint density at radius 3 is 3.00 bits per heavy atom. The van der Waals surface area contributed by atoms with Gasteiger partial charge in [-0.3, -0.25) is 0 Å². The zero-order valence-electron chi connectivity index (χ0n) is 9.71. The molecule has 0 radical (unpaired) electrons. The van der Waals surface area contributed by atoms with E-state index in [1.165, 1.54) is 19.3 Å². The van der Waals surface area contributed by atoms with Crippen molar-refractivity contribution in [3.05, 3.63) is 30.9 Å². The molecule has 1 aliphatic rings. The molecule has 0 aliphatic heterocycles. The molecular formula is C13H16N4. The van der Waals surface area contributed by atoms with Crippen LogP contribution in [-0.4, -0.2) is 14.5 Å². The molecule has 4 heteroatoms. The van der Waals surface area contributed by atoms with Gasteiger partial charge in [-0.15, -0.1) is 0 Å². The van der Waals surface area contributed by atoms with E-state index < -0.39 is 0 Å². The van der Waals surface area contributed by atoms with Gasteiger partial charge in [0, 0.05) is 18.3 Å². The van der Waals surface area contributed by atoms with Crippen LogP contribution < -0.4 is 5.73 Å². The Balaban J connectivity index is 1.89. The molecule has 0 aromatic carbocycles. The van der Waals surface area contributed by atoms with E-state index in [1.54, 1.807) is 6.20 Å². The van der Waals surface area contributed by atoms with Gasteiger partial charge in [0.2, 0.25) is 0 Å². The molecule has 0 saturated heterocycles. The Morgan fingerprint density at radius 2 is 2.29 bits per heavy atom. The van der Waals surface area contributed by atoms with Crippen molar-refractivity contribution in [3.8, 4) is 11.3 Å². The fourth-order valence-corrected chi connectivity index (χ4v) is 2.27. The maximum Gasteiger partial charge on any atom is 0.123 e. The average Bonchev–Trinajstić information content (AvgIpc) is 2.71. The molecule has 2 heterocycles. The van der Waals surface area contributed by atoms with Crippen molar-refractivity contribution in [1.82, 2.24) is 14.5 Å². The normalized spacial score (nSPS) is 15.8. The van der Waals surface area contributed by atoms with Crippen LogP contribution in [-0.2, 0) is 6.54 Å². The highest BCUT2D eigenvalue weighted by atomic mass is 15.0. The molecule has 2 aromatic rings. The molecule has 0 bridgehead atoms. The van der Waals surface area contributed by atoms with Gasteiger partial charge in [-0.1, -0.05) is 6.42 Å². The van der Waals surface area contributed by atoms with Crippen LogP contribution in [0.2, 0.25) is 0 Å². The Hall–Kier alpha value is -1.84. The predicted molar refractivity (Wildman–Crippen MR) is 67.2 cm³/mol. The van der Waals surface area contributed by atoms with Gasteiger partial charge in [0.05, 0.1) is 18.2 Å². The standard InChI is InChI=1S/C13H16N4/c14-13-6-11(4-5-16-13)12-7-15-9-17(12)8-10-2-1-3-10/h4-7,9-10H,1-3,8H2,(H2,14,16). The van der Waals surface area contributed by atoms with Crippen molar-refractivity contribution in [2.24, 2.45) is 5.92 Å². The monoisotopic (exact) mass is 228 g/mol. The van der Waals surface area contributed by atoms with Crippen LogP contribution in [0.3, 0.4) is 0 Å². The molecular weight excluding hydrogens is 212 g/mol. The number of pyridine rings is 1. The lowest BCUT2D eigenvalue weighted by molar-refractivity contribution is 0.277. The van der Waals surface area contributed by atoms with Crippen molar-refractivity contribution < 1.29 is 0 Å². The third-order valence-electron chi connectivity index (χ3n) is 3.47. The molecule has 2 N–H and O–H groups in total. The van der Waals surface area contributed by atoms with Gasteiger partial charge >= 0.3 is 0 Å². The Labute approximate surface area is 101 Å². The number of imidazole rings is 1. The summed E-state index contributed by atoms with van der Waals surface area (Å²) in [6.45, 7) is 1.07. The smallest absolute Gasteiger partial charge is 0.123 e. The van der Waals surface area contributed by atoms with Crippen LogP contribution in [0.5, 0.6) is 0 Å². The lowest BCUT2D eigenvalue weighted by atomic mass is 9.85. The van der Waals surface area contributed by atoms with Crippen LogP contribution in [0.4, 0.5) is 5.82 Å². The molecule has 1 aliphatic carbocycles. The molecule has 88 valence electrons. The van der Waals surface area contributed by atoms with Crippen molar-refractivity contribution in [3.63, 3.8) is 0 Å². The molecule has 2 aromatic heterocycles. The van der Waals surface area contributed by atoms with E-state index in [4.69, 9.17) is 5.73 Å². The van der Waals surface area contributed by atoms with E-state index in [0.717, 1.165) is 23.7 Å². The first-order valence-electron chi connectivity index (χ1n) is 6.05. The predicted octanol–water partition coefficient (Wildman–Crippen LogP) is 2.33. The number of nitrogens with zero attached hydrogens (tertiary/aromatic N) is 3. The lowest BCUT2D eigenvalue weighted by Crippen LogP contribution is -2.18. The quantitative estimate of drug-likeness (QED) is 0.877. The maximum absolute atomic E-state index is 5.71. The maximum atomic E-state index is 5.71. The SMILES string of the molecule is Nc1cc(-c2cncn2CC2CCC2)ccn1. The summed E-state index contributed by atoms with van der Waals surface area (Å²) in [7, 11) is 0. The lowest BCUT2D eigenvalue weighted by Gasteiger charge is -2.26. The summed E-state index contributed by atoms with van der Waals surface area (Å²) >= 11 is 0. The summed E-state index contributed by atoms with van der Waals surface area (Å²) in [6.07, 6.45) is 9.60. The third-order valence-corrected chi connectivity index (χ3v) is 3.47. The number of hydrogen-bond donors (Lipinski definition) is 1. The molecule has 3 rings (SSSR count). The topological polar surface area (TPSA) is 56.7 Å². The molecule has 0 unspecified atom stereocenters. The highest BCUT2D eigenvalue weighted by molar-refractivity contribution is 5.61. The first-order chi connectivity index (χ1) is 8.33. The molecule has 17 heavy (non-hydrogen) atoms. The largest absolute Gasteiger partial charge is 0.384 e. The molecule has 0 atom stereocenters. The summed E-state index contributed by atoms with van der Waals surface area (Å²) < 4.78 is 2.22. The van der Waals surface area contributed by atoms with Crippen molar-refractivity contribution in [1.29, 1.82) is 0 Å². The molecule has 4 nitrogen and oxygen atoms in total. The van der Waals surface area contributed by atoms with E-state index in [1.807, 2.05) is 24.7 Å². The number of nitrogen functional groups attached to an aromatic ring is 1. The van der Waals surface area contributed by atoms with E-state index in [0.29, 0.717) is 5.82 Å². The molecule has 1 saturated carbocycles. The van der Waals surface area contributed by atoms with Gasteiger partial charge in [-0.2, -0.15) is 0 Å². The first-order valence-corrected chi connectivity index (χ1v) is 6.05. The highest BCUT2D eigenvalue weighted by Gasteiger charge is 2.19. The second-order valence-electron chi connectivity index (χ2n) is 4.70. The summed E-state index contributed by atoms with van der Waals surface area (Å²) in [4.78, 5) is 8.26. The van der Waals surface area contributed by atoms with Crippen LogP contribution in [0.1, 0.15) is 19.3 Å². The Kier molecular flexibility index (Phi) is 2.55. The summed E-state index contributed by atoms with van der Waals surface area (Å²) in [5.74, 6) is 1.38. The highest BCUT2D eigenvalue weighted by Crippen LogP contribution is 2.30. The first kappa shape index (κ1) is 10.3. The van der Waals surface area contributed by atoms with Gasteiger partial charge in [0.25, 0.3) is 0 Å². The van der Waals surface area contributed by atoms with Crippen molar-refractivity contribution >= 4 is 5.82 Å². The van der Waals surface area contributed by atoms with Gasteiger partial charge in [-0.05, 0) is 30.9 Å². The minimum absolute atomic E-state index is 0.555. The van der Waals surface area contributed by atoms with Crippen LogP contribution in [0.15, 0.2) is 30.9 Å². The van der Waals surface area contributed by atoms with E-state index >= 15 is 0 Å². The minimum atomic E-state index is 0.555. The zero-order chi connectivity index (χ0) is 11.7. The summed E-state index contributed by atoms with van der Waals surface area (Å²) in [5, 5.41) is 0. The van der Waals surface area contributed by atoms with Gasteiger partial charge in [0.1, 0.15) is 5.82 Å². The molecule has 0 spiro atoms.